The fourth-order valence-electron chi connectivity index (χ4n) is 1.16. The van der Waals surface area contributed by atoms with E-state index in [2.05, 4.69) is 9.97 Å². The van der Waals surface area contributed by atoms with Crippen LogP contribution in [0.1, 0.15) is 24.6 Å². The molecule has 1 saturated carbocycles. The van der Waals surface area contributed by atoms with Crippen LogP contribution >= 0.6 is 11.6 Å². The molecule has 1 heterocycles. The molecule has 0 amide bonds. The van der Waals surface area contributed by atoms with Crippen LogP contribution in [0.4, 0.5) is 0 Å². The van der Waals surface area contributed by atoms with E-state index in [4.69, 9.17) is 21.4 Å². The molecule has 14 heavy (non-hydrogen) atoms. The minimum Gasteiger partial charge on any atom is -0.475 e. The van der Waals surface area contributed by atoms with E-state index in [-0.39, 0.29) is 13.2 Å². The molecule has 1 aromatic rings. The SMILES string of the molecule is OCCOc1cc(Cl)nc(C2CC2)n1. The minimum absolute atomic E-state index is 0.0274. The van der Waals surface area contributed by atoms with E-state index in [9.17, 15) is 0 Å². The van der Waals surface area contributed by atoms with Crippen molar-refractivity contribution >= 4 is 11.6 Å². The lowest BCUT2D eigenvalue weighted by Crippen LogP contribution is -2.05. The van der Waals surface area contributed by atoms with Crippen molar-refractivity contribution in [3.8, 4) is 5.88 Å². The summed E-state index contributed by atoms with van der Waals surface area (Å²) in [5.41, 5.74) is 0. The van der Waals surface area contributed by atoms with Gasteiger partial charge >= 0.3 is 0 Å². The highest BCUT2D eigenvalue weighted by Crippen LogP contribution is 2.38. The summed E-state index contributed by atoms with van der Waals surface area (Å²) in [7, 11) is 0. The predicted octanol–water partition coefficient (Wildman–Crippen LogP) is 1.38. The molecule has 2 rings (SSSR count). The lowest BCUT2D eigenvalue weighted by atomic mass is 10.4. The van der Waals surface area contributed by atoms with Gasteiger partial charge in [-0.15, -0.1) is 0 Å². The number of aromatic nitrogens is 2. The number of nitrogens with zero attached hydrogens (tertiary/aromatic N) is 2. The lowest BCUT2D eigenvalue weighted by molar-refractivity contribution is 0.196. The molecule has 0 bridgehead atoms. The van der Waals surface area contributed by atoms with Crippen LogP contribution in [0.5, 0.6) is 5.88 Å². The number of aliphatic hydroxyl groups excluding tert-OH is 1. The van der Waals surface area contributed by atoms with Gasteiger partial charge in [0.05, 0.1) is 6.61 Å². The maximum Gasteiger partial charge on any atom is 0.218 e. The van der Waals surface area contributed by atoms with Crippen molar-refractivity contribution in [2.75, 3.05) is 13.2 Å². The van der Waals surface area contributed by atoms with Gasteiger partial charge in [-0.3, -0.25) is 0 Å². The molecule has 1 aliphatic rings. The van der Waals surface area contributed by atoms with Gasteiger partial charge in [0.1, 0.15) is 17.6 Å². The van der Waals surface area contributed by atoms with Crippen LogP contribution in [-0.2, 0) is 0 Å². The monoisotopic (exact) mass is 214 g/mol. The second-order valence-corrected chi connectivity index (χ2v) is 3.62. The first-order valence-electron chi connectivity index (χ1n) is 4.57. The Balaban J connectivity index is 2.13. The average Bonchev–Trinajstić information content (AvgIpc) is 2.97. The molecule has 1 fully saturated rings. The summed E-state index contributed by atoms with van der Waals surface area (Å²) in [6.07, 6.45) is 2.25. The number of hydrogen-bond donors (Lipinski definition) is 1. The molecular formula is C9H11ClN2O2. The summed E-state index contributed by atoms with van der Waals surface area (Å²) < 4.78 is 5.17. The van der Waals surface area contributed by atoms with Gasteiger partial charge in [0.2, 0.25) is 5.88 Å². The average molecular weight is 215 g/mol. The Labute approximate surface area is 86.9 Å². The van der Waals surface area contributed by atoms with Crippen LogP contribution < -0.4 is 4.74 Å². The van der Waals surface area contributed by atoms with Crippen molar-refractivity contribution in [1.29, 1.82) is 0 Å². The van der Waals surface area contributed by atoms with Crippen molar-refractivity contribution in [1.82, 2.24) is 9.97 Å². The van der Waals surface area contributed by atoms with Crippen LogP contribution in [0.3, 0.4) is 0 Å². The Morgan fingerprint density at radius 1 is 1.50 bits per heavy atom. The maximum atomic E-state index is 8.59. The highest BCUT2D eigenvalue weighted by Gasteiger charge is 2.27. The zero-order valence-corrected chi connectivity index (χ0v) is 8.37. The van der Waals surface area contributed by atoms with Crippen LogP contribution in [0.15, 0.2) is 6.07 Å². The fourth-order valence-corrected chi connectivity index (χ4v) is 1.34. The number of aliphatic hydroxyl groups is 1. The summed E-state index contributed by atoms with van der Waals surface area (Å²) in [5, 5.41) is 8.98. The van der Waals surface area contributed by atoms with Crippen LogP contribution in [0.2, 0.25) is 5.15 Å². The third-order valence-corrected chi connectivity index (χ3v) is 2.17. The summed E-state index contributed by atoms with van der Waals surface area (Å²) in [4.78, 5) is 8.32. The molecule has 4 nitrogen and oxygen atoms in total. The minimum atomic E-state index is -0.0274. The molecule has 0 saturated heterocycles. The molecule has 76 valence electrons. The normalized spacial score (nSPS) is 15.6. The van der Waals surface area contributed by atoms with E-state index < -0.39 is 0 Å². The molecule has 0 aromatic carbocycles. The van der Waals surface area contributed by atoms with Crippen molar-refractivity contribution in [3.63, 3.8) is 0 Å². The highest BCUT2D eigenvalue weighted by molar-refractivity contribution is 6.29. The third-order valence-electron chi connectivity index (χ3n) is 1.97. The Hall–Kier alpha value is -0.870. The second kappa shape index (κ2) is 4.11. The van der Waals surface area contributed by atoms with Crippen LogP contribution in [0.25, 0.3) is 0 Å². The van der Waals surface area contributed by atoms with Gasteiger partial charge in [-0.05, 0) is 12.8 Å². The molecule has 0 spiro atoms. The molecule has 5 heteroatoms. The number of ether oxygens (including phenoxy) is 1. The molecule has 1 N–H and O–H groups in total. The topological polar surface area (TPSA) is 55.2 Å². The van der Waals surface area contributed by atoms with Gasteiger partial charge in [0.25, 0.3) is 0 Å². The largest absolute Gasteiger partial charge is 0.475 e. The van der Waals surface area contributed by atoms with Gasteiger partial charge in [-0.25, -0.2) is 4.98 Å². The van der Waals surface area contributed by atoms with Crippen molar-refractivity contribution in [2.45, 2.75) is 18.8 Å². The number of rotatable bonds is 4. The number of halogens is 1. The lowest BCUT2D eigenvalue weighted by Gasteiger charge is -2.05. The first-order chi connectivity index (χ1) is 6.79. The highest BCUT2D eigenvalue weighted by atomic mass is 35.5. The predicted molar refractivity (Wildman–Crippen MR) is 51.6 cm³/mol. The van der Waals surface area contributed by atoms with Crippen LogP contribution in [-0.4, -0.2) is 28.3 Å². The van der Waals surface area contributed by atoms with E-state index in [0.29, 0.717) is 17.0 Å². The smallest absolute Gasteiger partial charge is 0.218 e. The van der Waals surface area contributed by atoms with Gasteiger partial charge in [0.15, 0.2) is 0 Å². The summed E-state index contributed by atoms with van der Waals surface area (Å²) in [6.45, 7) is 0.206. The van der Waals surface area contributed by atoms with Crippen molar-refractivity contribution in [3.05, 3.63) is 17.0 Å². The van der Waals surface area contributed by atoms with Crippen molar-refractivity contribution in [2.24, 2.45) is 0 Å². The first kappa shape index (κ1) is 9.68. The number of hydrogen-bond acceptors (Lipinski definition) is 4. The fraction of sp³-hybridized carbons (Fsp3) is 0.556. The molecule has 0 unspecified atom stereocenters. The summed E-state index contributed by atoms with van der Waals surface area (Å²) in [6, 6.07) is 1.56. The van der Waals surface area contributed by atoms with Crippen LogP contribution in [0, 0.1) is 0 Å². The van der Waals surface area contributed by atoms with Gasteiger partial charge < -0.3 is 9.84 Å². The van der Waals surface area contributed by atoms with E-state index >= 15 is 0 Å². The van der Waals surface area contributed by atoms with E-state index in [1.807, 2.05) is 0 Å². The van der Waals surface area contributed by atoms with E-state index in [1.165, 1.54) is 0 Å². The molecular weight excluding hydrogens is 204 g/mol. The molecule has 0 radical (unpaired) electrons. The Bertz CT molecular complexity index is 329. The summed E-state index contributed by atoms with van der Waals surface area (Å²) >= 11 is 5.81. The molecule has 1 aromatic heterocycles. The molecule has 1 aliphatic carbocycles. The summed E-state index contributed by atoms with van der Waals surface area (Å²) in [5.74, 6) is 1.65. The maximum absolute atomic E-state index is 8.59. The zero-order chi connectivity index (χ0) is 9.97. The Morgan fingerprint density at radius 2 is 2.29 bits per heavy atom. The van der Waals surface area contributed by atoms with Crippen molar-refractivity contribution < 1.29 is 9.84 Å². The molecule has 0 aliphatic heterocycles. The third kappa shape index (κ3) is 2.33. The first-order valence-corrected chi connectivity index (χ1v) is 4.95. The zero-order valence-electron chi connectivity index (χ0n) is 7.61. The second-order valence-electron chi connectivity index (χ2n) is 3.23. The van der Waals surface area contributed by atoms with Gasteiger partial charge in [-0.1, -0.05) is 11.6 Å². The molecule has 0 atom stereocenters. The standard InChI is InChI=1S/C9H11ClN2O2/c10-7-5-8(14-4-3-13)12-9(11-7)6-1-2-6/h5-6,13H,1-4H2. The van der Waals surface area contributed by atoms with E-state index in [0.717, 1.165) is 18.7 Å². The van der Waals surface area contributed by atoms with Gasteiger partial charge in [-0.2, -0.15) is 4.98 Å². The van der Waals surface area contributed by atoms with Gasteiger partial charge in [0, 0.05) is 12.0 Å². The van der Waals surface area contributed by atoms with E-state index in [1.54, 1.807) is 6.07 Å². The Morgan fingerprint density at radius 3 is 2.93 bits per heavy atom. The quantitative estimate of drug-likeness (QED) is 0.770. The Kier molecular flexibility index (Phi) is 2.84.